The molecule has 0 radical (unpaired) electrons. The maximum absolute atomic E-state index is 11.9. The smallest absolute Gasteiger partial charge is 0.272 e. The Labute approximate surface area is 75.4 Å². The van der Waals surface area contributed by atoms with Gasteiger partial charge in [0.05, 0.1) is 0 Å². The third kappa shape index (κ3) is 3.48. The number of alkyl halides is 3. The van der Waals surface area contributed by atoms with E-state index in [0.29, 0.717) is 6.54 Å². The number of rotatable bonds is 1. The van der Waals surface area contributed by atoms with E-state index in [0.717, 1.165) is 6.07 Å². The van der Waals surface area contributed by atoms with Gasteiger partial charge in [-0.15, -0.1) is 0 Å². The summed E-state index contributed by atoms with van der Waals surface area (Å²) in [5.74, 6) is 0. The molecule has 13 heavy (non-hydrogen) atoms. The van der Waals surface area contributed by atoms with Gasteiger partial charge in [0.25, 0.3) is 0 Å². The van der Waals surface area contributed by atoms with Crippen LogP contribution in [-0.4, -0.2) is 9.78 Å². The van der Waals surface area contributed by atoms with Crippen LogP contribution in [0.5, 0.6) is 0 Å². The summed E-state index contributed by atoms with van der Waals surface area (Å²) in [6, 6.07) is 0.962. The van der Waals surface area contributed by atoms with Crippen molar-refractivity contribution in [1.29, 1.82) is 0 Å². The van der Waals surface area contributed by atoms with Gasteiger partial charge < -0.3 is 0 Å². The van der Waals surface area contributed by atoms with Crippen LogP contribution in [0.4, 0.5) is 13.2 Å². The van der Waals surface area contributed by atoms with E-state index in [1.165, 1.54) is 10.9 Å². The molecule has 0 atom stereocenters. The van der Waals surface area contributed by atoms with Gasteiger partial charge in [-0.25, -0.2) is 0 Å². The Kier molecular flexibility index (Phi) is 4.51. The Morgan fingerprint density at radius 1 is 1.38 bits per heavy atom. The van der Waals surface area contributed by atoms with Gasteiger partial charge in [0.2, 0.25) is 0 Å². The summed E-state index contributed by atoms with van der Waals surface area (Å²) >= 11 is 0. The zero-order chi connectivity index (χ0) is 10.5. The van der Waals surface area contributed by atoms with Gasteiger partial charge in [-0.2, -0.15) is 18.3 Å². The molecule has 0 saturated carbocycles. The van der Waals surface area contributed by atoms with Crippen molar-refractivity contribution in [1.82, 2.24) is 9.78 Å². The Hall–Kier alpha value is -1.00. The van der Waals surface area contributed by atoms with Crippen molar-refractivity contribution in [2.24, 2.45) is 0 Å². The summed E-state index contributed by atoms with van der Waals surface area (Å²) < 4.78 is 36.8. The van der Waals surface area contributed by atoms with E-state index < -0.39 is 11.9 Å². The standard InChI is InChI=1S/C6H7F3N2.C2H6/c1-2-11-4-3-5(10-11)6(7,8)9;1-2/h3-4H,2H2,1H3;1-2H3. The van der Waals surface area contributed by atoms with Crippen LogP contribution in [0.3, 0.4) is 0 Å². The monoisotopic (exact) mass is 194 g/mol. The number of hydrogen-bond acceptors (Lipinski definition) is 1. The first-order valence-corrected chi connectivity index (χ1v) is 4.14. The highest BCUT2D eigenvalue weighted by Gasteiger charge is 2.33. The van der Waals surface area contributed by atoms with Crippen molar-refractivity contribution in [3.63, 3.8) is 0 Å². The molecule has 0 aliphatic carbocycles. The molecule has 0 fully saturated rings. The van der Waals surface area contributed by atoms with Gasteiger partial charge in [0.1, 0.15) is 0 Å². The van der Waals surface area contributed by atoms with Crippen LogP contribution in [0.2, 0.25) is 0 Å². The van der Waals surface area contributed by atoms with Crippen LogP contribution >= 0.6 is 0 Å². The topological polar surface area (TPSA) is 17.8 Å². The number of hydrogen-bond donors (Lipinski definition) is 0. The van der Waals surface area contributed by atoms with Crippen LogP contribution in [0.25, 0.3) is 0 Å². The van der Waals surface area contributed by atoms with Gasteiger partial charge in [0, 0.05) is 12.7 Å². The maximum atomic E-state index is 11.9. The molecule has 0 N–H and O–H groups in total. The van der Waals surface area contributed by atoms with Crippen LogP contribution in [0, 0.1) is 0 Å². The molecule has 76 valence electrons. The van der Waals surface area contributed by atoms with Crippen LogP contribution in [-0.2, 0) is 12.7 Å². The van der Waals surface area contributed by atoms with Crippen molar-refractivity contribution in [2.75, 3.05) is 0 Å². The summed E-state index contributed by atoms with van der Waals surface area (Å²) in [6.07, 6.45) is -3.01. The zero-order valence-corrected chi connectivity index (χ0v) is 7.89. The molecule has 0 unspecified atom stereocenters. The lowest BCUT2D eigenvalue weighted by Gasteiger charge is -1.99. The van der Waals surface area contributed by atoms with Gasteiger partial charge in [0.15, 0.2) is 5.69 Å². The summed E-state index contributed by atoms with van der Waals surface area (Å²) in [4.78, 5) is 0. The number of nitrogens with zero attached hydrogens (tertiary/aromatic N) is 2. The fourth-order valence-electron chi connectivity index (χ4n) is 0.689. The fourth-order valence-corrected chi connectivity index (χ4v) is 0.689. The molecule has 1 aromatic heterocycles. The second-order valence-corrected chi connectivity index (χ2v) is 2.05. The van der Waals surface area contributed by atoms with Crippen LogP contribution in [0.15, 0.2) is 12.3 Å². The summed E-state index contributed by atoms with van der Waals surface area (Å²) in [5, 5.41) is 3.29. The Morgan fingerprint density at radius 3 is 2.15 bits per heavy atom. The number of halogens is 3. The molecule has 1 heterocycles. The summed E-state index contributed by atoms with van der Waals surface area (Å²) in [6.45, 7) is 6.18. The van der Waals surface area contributed by atoms with Crippen molar-refractivity contribution in [3.8, 4) is 0 Å². The maximum Gasteiger partial charge on any atom is 0.435 e. The minimum absolute atomic E-state index is 0.454. The molecule has 2 nitrogen and oxygen atoms in total. The van der Waals surface area contributed by atoms with E-state index in [1.54, 1.807) is 6.92 Å². The third-order valence-electron chi connectivity index (χ3n) is 1.26. The predicted molar refractivity (Wildman–Crippen MR) is 44.3 cm³/mol. The number of aryl methyl sites for hydroxylation is 1. The van der Waals surface area contributed by atoms with Crippen LogP contribution in [0.1, 0.15) is 26.5 Å². The molecule has 0 bridgehead atoms. The minimum atomic E-state index is -4.32. The lowest BCUT2D eigenvalue weighted by atomic mass is 10.4. The second-order valence-electron chi connectivity index (χ2n) is 2.05. The quantitative estimate of drug-likeness (QED) is 0.672. The first-order chi connectivity index (χ1) is 6.04. The molecule has 0 spiro atoms. The minimum Gasteiger partial charge on any atom is -0.272 e. The fraction of sp³-hybridized carbons (Fsp3) is 0.625. The van der Waals surface area contributed by atoms with Crippen molar-refractivity contribution in [3.05, 3.63) is 18.0 Å². The van der Waals surface area contributed by atoms with Gasteiger partial charge in [-0.3, -0.25) is 4.68 Å². The SMILES string of the molecule is CC.CCn1ccc(C(F)(F)F)n1. The Bertz CT molecular complexity index is 240. The van der Waals surface area contributed by atoms with Crippen LogP contribution < -0.4 is 0 Å². The predicted octanol–water partition coefficient (Wildman–Crippen LogP) is 2.95. The van der Waals surface area contributed by atoms with Gasteiger partial charge in [-0.05, 0) is 13.0 Å². The molecule has 0 aliphatic rings. The summed E-state index contributed by atoms with van der Waals surface area (Å²) in [7, 11) is 0. The van der Waals surface area contributed by atoms with E-state index in [9.17, 15) is 13.2 Å². The molecule has 1 aromatic rings. The van der Waals surface area contributed by atoms with E-state index in [-0.39, 0.29) is 0 Å². The molecule has 0 aliphatic heterocycles. The summed E-state index contributed by atoms with van der Waals surface area (Å²) in [5.41, 5.74) is -0.834. The van der Waals surface area contributed by atoms with Crippen molar-refractivity contribution >= 4 is 0 Å². The second kappa shape index (κ2) is 4.89. The Balaban J connectivity index is 0.000000671. The molecule has 5 heteroatoms. The molecular formula is C8H13F3N2. The molecule has 0 saturated heterocycles. The van der Waals surface area contributed by atoms with Gasteiger partial charge >= 0.3 is 6.18 Å². The highest BCUT2D eigenvalue weighted by Crippen LogP contribution is 2.26. The van der Waals surface area contributed by atoms with E-state index in [4.69, 9.17) is 0 Å². The highest BCUT2D eigenvalue weighted by molar-refractivity contribution is 5.02. The zero-order valence-electron chi connectivity index (χ0n) is 7.89. The first kappa shape index (κ1) is 12.0. The lowest BCUT2D eigenvalue weighted by molar-refractivity contribution is -0.141. The first-order valence-electron chi connectivity index (χ1n) is 4.14. The molecule has 0 amide bonds. The van der Waals surface area contributed by atoms with Gasteiger partial charge in [-0.1, -0.05) is 13.8 Å². The van der Waals surface area contributed by atoms with Crippen molar-refractivity contribution < 1.29 is 13.2 Å². The van der Waals surface area contributed by atoms with E-state index in [2.05, 4.69) is 5.10 Å². The largest absolute Gasteiger partial charge is 0.435 e. The lowest BCUT2D eigenvalue weighted by Crippen LogP contribution is -2.07. The normalized spacial score (nSPS) is 10.6. The van der Waals surface area contributed by atoms with E-state index >= 15 is 0 Å². The molecule has 1 rings (SSSR count). The Morgan fingerprint density at radius 2 is 1.92 bits per heavy atom. The molecule has 0 aromatic carbocycles. The molecular weight excluding hydrogens is 181 g/mol. The third-order valence-corrected chi connectivity index (χ3v) is 1.26. The van der Waals surface area contributed by atoms with E-state index in [1.807, 2.05) is 13.8 Å². The average molecular weight is 194 g/mol. The highest BCUT2D eigenvalue weighted by atomic mass is 19.4. The van der Waals surface area contributed by atoms with Crippen molar-refractivity contribution in [2.45, 2.75) is 33.5 Å². The number of aromatic nitrogens is 2. The average Bonchev–Trinajstić information content (AvgIpc) is 2.54.